The van der Waals surface area contributed by atoms with Crippen LogP contribution in [0.15, 0.2) is 91.1 Å². The average molecular weight is 553 g/mol. The van der Waals surface area contributed by atoms with Crippen molar-refractivity contribution in [2.24, 2.45) is 5.41 Å². The topological polar surface area (TPSA) is 66.8 Å². The normalized spacial score (nSPS) is 17.4. The highest BCUT2D eigenvalue weighted by Crippen LogP contribution is 2.61. The van der Waals surface area contributed by atoms with Crippen molar-refractivity contribution < 1.29 is 0 Å². The first-order chi connectivity index (χ1) is 20.1. The molecule has 210 valence electrons. The molecule has 0 saturated heterocycles. The number of rotatable bonds is 4. The van der Waals surface area contributed by atoms with Gasteiger partial charge in [0.25, 0.3) is 0 Å². The van der Waals surface area contributed by atoms with E-state index in [4.69, 9.17) is 19.9 Å². The van der Waals surface area contributed by atoms with Gasteiger partial charge in [0.1, 0.15) is 0 Å². The maximum atomic E-state index is 4.93. The maximum Gasteiger partial charge on any atom is 0.235 e. The lowest BCUT2D eigenvalue weighted by atomic mass is 9.59. The SMILES string of the molecule is CC1(C)c2ccc(-c3ccc(-c4nc(-c5ccccc5)nc(N5CNc6ccccc65)n4)cn3)cc2C(C)(C)C1(C)C. The van der Waals surface area contributed by atoms with Crippen LogP contribution in [-0.2, 0) is 10.8 Å². The molecule has 0 radical (unpaired) electrons. The van der Waals surface area contributed by atoms with E-state index in [1.165, 1.54) is 11.1 Å². The summed E-state index contributed by atoms with van der Waals surface area (Å²) in [6, 6.07) is 29.3. The molecule has 0 unspecified atom stereocenters. The molecule has 5 aromatic rings. The molecule has 2 aromatic heterocycles. The highest BCUT2D eigenvalue weighted by atomic mass is 15.4. The Morgan fingerprint density at radius 2 is 1.31 bits per heavy atom. The van der Waals surface area contributed by atoms with E-state index in [1.807, 2.05) is 48.7 Å². The summed E-state index contributed by atoms with van der Waals surface area (Å²) in [5, 5.41) is 3.44. The summed E-state index contributed by atoms with van der Waals surface area (Å²) in [4.78, 5) is 21.7. The lowest BCUT2D eigenvalue weighted by Gasteiger charge is -2.44. The fourth-order valence-corrected chi connectivity index (χ4v) is 6.53. The van der Waals surface area contributed by atoms with Gasteiger partial charge in [-0.15, -0.1) is 0 Å². The van der Waals surface area contributed by atoms with E-state index >= 15 is 0 Å². The summed E-state index contributed by atoms with van der Waals surface area (Å²) in [6.45, 7) is 14.9. The van der Waals surface area contributed by atoms with E-state index in [9.17, 15) is 0 Å². The van der Waals surface area contributed by atoms with E-state index in [-0.39, 0.29) is 16.2 Å². The minimum absolute atomic E-state index is 0.0416. The lowest BCUT2D eigenvalue weighted by molar-refractivity contribution is 0.125. The first kappa shape index (κ1) is 26.3. The molecule has 3 aromatic carbocycles. The molecule has 6 nitrogen and oxygen atoms in total. The van der Waals surface area contributed by atoms with Gasteiger partial charge in [0.2, 0.25) is 5.95 Å². The number of fused-ring (bicyclic) bond motifs is 2. The number of hydrogen-bond acceptors (Lipinski definition) is 6. The van der Waals surface area contributed by atoms with Crippen molar-refractivity contribution in [3.8, 4) is 34.0 Å². The van der Waals surface area contributed by atoms with Crippen molar-refractivity contribution in [2.45, 2.75) is 52.4 Å². The van der Waals surface area contributed by atoms with Gasteiger partial charge < -0.3 is 5.32 Å². The zero-order valence-electron chi connectivity index (χ0n) is 25.1. The van der Waals surface area contributed by atoms with Gasteiger partial charge in [0.15, 0.2) is 11.6 Å². The lowest BCUT2D eigenvalue weighted by Crippen LogP contribution is -2.42. The number of para-hydroxylation sites is 2. The Balaban J connectivity index is 1.28. The summed E-state index contributed by atoms with van der Waals surface area (Å²) < 4.78 is 0. The second-order valence-corrected chi connectivity index (χ2v) is 13.0. The van der Waals surface area contributed by atoms with Crippen molar-refractivity contribution in [1.29, 1.82) is 0 Å². The van der Waals surface area contributed by atoms with Crippen LogP contribution in [0.25, 0.3) is 34.0 Å². The molecule has 42 heavy (non-hydrogen) atoms. The zero-order chi connectivity index (χ0) is 29.3. The zero-order valence-corrected chi connectivity index (χ0v) is 25.1. The third-order valence-electron chi connectivity index (χ3n) is 10.3. The minimum atomic E-state index is 0.0416. The van der Waals surface area contributed by atoms with E-state index in [2.05, 4.69) is 94.2 Å². The quantitative estimate of drug-likeness (QED) is 0.242. The molecule has 0 amide bonds. The molecule has 3 heterocycles. The Kier molecular flexibility index (Phi) is 5.78. The summed E-state index contributed by atoms with van der Waals surface area (Å²) in [5.74, 6) is 1.84. The van der Waals surface area contributed by atoms with Gasteiger partial charge in [0, 0.05) is 22.9 Å². The van der Waals surface area contributed by atoms with Crippen LogP contribution in [0.2, 0.25) is 0 Å². The van der Waals surface area contributed by atoms with Crippen LogP contribution in [0.5, 0.6) is 0 Å². The molecule has 7 rings (SSSR count). The van der Waals surface area contributed by atoms with Gasteiger partial charge in [0.05, 0.1) is 23.7 Å². The van der Waals surface area contributed by atoms with Crippen molar-refractivity contribution in [2.75, 3.05) is 16.9 Å². The predicted molar refractivity (Wildman–Crippen MR) is 171 cm³/mol. The molecule has 6 heteroatoms. The van der Waals surface area contributed by atoms with Gasteiger partial charge in [-0.25, -0.2) is 4.98 Å². The molecular weight excluding hydrogens is 516 g/mol. The Hall–Kier alpha value is -4.58. The van der Waals surface area contributed by atoms with Crippen molar-refractivity contribution in [3.63, 3.8) is 0 Å². The Morgan fingerprint density at radius 3 is 2.05 bits per heavy atom. The number of hydrogen-bond donors (Lipinski definition) is 1. The standard InChI is InChI=1S/C36H36N6/c1-34(2)26-18-16-24(20-27(26)35(3,4)36(34,5)6)28-19-17-25(21-37-28)32-39-31(23-12-8-7-9-13-23)40-33(41-32)42-22-38-29-14-10-11-15-30(29)42/h7-21,38H,22H2,1-6H3. The third-order valence-corrected chi connectivity index (χ3v) is 10.3. The van der Waals surface area contributed by atoms with Crippen molar-refractivity contribution in [3.05, 3.63) is 102 Å². The second-order valence-electron chi connectivity index (χ2n) is 13.0. The number of nitrogens with zero attached hydrogens (tertiary/aromatic N) is 5. The summed E-state index contributed by atoms with van der Waals surface area (Å²) in [5.41, 5.74) is 9.07. The maximum absolute atomic E-state index is 4.93. The first-order valence-corrected chi connectivity index (χ1v) is 14.6. The molecule has 0 saturated carbocycles. The van der Waals surface area contributed by atoms with Gasteiger partial charge >= 0.3 is 0 Å². The van der Waals surface area contributed by atoms with Crippen LogP contribution >= 0.6 is 0 Å². The Morgan fingerprint density at radius 1 is 0.643 bits per heavy atom. The third kappa shape index (κ3) is 3.85. The summed E-state index contributed by atoms with van der Waals surface area (Å²) >= 11 is 0. The van der Waals surface area contributed by atoms with Crippen molar-refractivity contribution in [1.82, 2.24) is 19.9 Å². The van der Waals surface area contributed by atoms with E-state index in [0.717, 1.165) is 33.8 Å². The molecule has 0 fully saturated rings. The Labute approximate surface area is 247 Å². The molecule has 0 bridgehead atoms. The largest absolute Gasteiger partial charge is 0.366 e. The molecule has 1 aliphatic carbocycles. The molecule has 0 spiro atoms. The molecule has 1 aliphatic heterocycles. The minimum Gasteiger partial charge on any atom is -0.366 e. The Bertz CT molecular complexity index is 1810. The van der Waals surface area contributed by atoms with Crippen LogP contribution in [0, 0.1) is 5.41 Å². The average Bonchev–Trinajstić information content (AvgIpc) is 3.48. The number of anilines is 3. The fourth-order valence-electron chi connectivity index (χ4n) is 6.53. The summed E-state index contributed by atoms with van der Waals surface area (Å²) in [6.07, 6.45) is 1.88. The van der Waals surface area contributed by atoms with E-state index in [0.29, 0.717) is 24.3 Å². The van der Waals surface area contributed by atoms with Gasteiger partial charge in [-0.1, -0.05) is 96.1 Å². The van der Waals surface area contributed by atoms with Crippen LogP contribution in [-0.4, -0.2) is 26.6 Å². The van der Waals surface area contributed by atoms with Crippen LogP contribution in [0.1, 0.15) is 52.7 Å². The van der Waals surface area contributed by atoms with Crippen molar-refractivity contribution >= 4 is 17.3 Å². The monoisotopic (exact) mass is 552 g/mol. The van der Waals surface area contributed by atoms with Crippen LogP contribution < -0.4 is 10.2 Å². The number of nitrogens with one attached hydrogen (secondary N) is 1. The molecular formula is C36H36N6. The molecule has 1 N–H and O–H groups in total. The highest BCUT2D eigenvalue weighted by molar-refractivity contribution is 5.80. The molecule has 0 atom stereocenters. The molecule has 2 aliphatic rings. The second kappa shape index (κ2) is 9.21. The highest BCUT2D eigenvalue weighted by Gasteiger charge is 2.56. The smallest absolute Gasteiger partial charge is 0.235 e. The number of benzene rings is 3. The van der Waals surface area contributed by atoms with Gasteiger partial charge in [-0.3, -0.25) is 9.88 Å². The summed E-state index contributed by atoms with van der Waals surface area (Å²) in [7, 11) is 0. The van der Waals surface area contributed by atoms with Gasteiger partial charge in [-0.2, -0.15) is 9.97 Å². The fraction of sp³-hybridized carbons (Fsp3) is 0.278. The van der Waals surface area contributed by atoms with Crippen LogP contribution in [0.4, 0.5) is 17.3 Å². The number of aromatic nitrogens is 4. The number of pyridine rings is 1. The van der Waals surface area contributed by atoms with E-state index in [1.54, 1.807) is 0 Å². The van der Waals surface area contributed by atoms with Gasteiger partial charge in [-0.05, 0) is 57.7 Å². The van der Waals surface area contributed by atoms with E-state index < -0.39 is 0 Å². The predicted octanol–water partition coefficient (Wildman–Crippen LogP) is 8.38. The first-order valence-electron chi connectivity index (χ1n) is 14.6. The van der Waals surface area contributed by atoms with Crippen LogP contribution in [0.3, 0.4) is 0 Å².